The molecule has 0 aliphatic rings. The molecule has 0 bridgehead atoms. The summed E-state index contributed by atoms with van der Waals surface area (Å²) in [6.07, 6.45) is 0. The predicted molar refractivity (Wildman–Crippen MR) is 102 cm³/mol. The number of aromatic amines is 1. The molecule has 0 aliphatic heterocycles. The smallest absolute Gasteiger partial charge is 0.296 e. The third-order valence-corrected chi connectivity index (χ3v) is 4.24. The van der Waals surface area contributed by atoms with Crippen LogP contribution in [0.4, 0.5) is 0 Å². The van der Waals surface area contributed by atoms with Crippen molar-refractivity contribution in [2.24, 2.45) is 0 Å². The summed E-state index contributed by atoms with van der Waals surface area (Å²) in [5.74, 6) is 1.89. The van der Waals surface area contributed by atoms with E-state index in [1.54, 1.807) is 30.3 Å². The SMILES string of the molecule is COc1ccc2c(-c3cc(OC)c(OC)c(OC)c3)cc(=O)c(=O)[nH]c2c1. The van der Waals surface area contributed by atoms with Crippen LogP contribution in [-0.4, -0.2) is 33.4 Å². The van der Waals surface area contributed by atoms with E-state index in [0.29, 0.717) is 45.0 Å². The van der Waals surface area contributed by atoms with E-state index in [0.717, 1.165) is 0 Å². The number of aromatic nitrogens is 1. The lowest BCUT2D eigenvalue weighted by atomic mass is 10.0. The number of hydrogen-bond donors (Lipinski definition) is 1. The molecule has 7 heteroatoms. The third-order valence-electron chi connectivity index (χ3n) is 4.24. The van der Waals surface area contributed by atoms with E-state index in [4.69, 9.17) is 18.9 Å². The molecule has 3 rings (SSSR count). The van der Waals surface area contributed by atoms with Gasteiger partial charge in [0.2, 0.25) is 11.2 Å². The van der Waals surface area contributed by atoms with Crippen LogP contribution < -0.4 is 29.9 Å². The zero-order valence-electron chi connectivity index (χ0n) is 15.4. The van der Waals surface area contributed by atoms with Gasteiger partial charge in [-0.3, -0.25) is 9.59 Å². The minimum Gasteiger partial charge on any atom is -0.497 e. The van der Waals surface area contributed by atoms with Crippen LogP contribution in [0.15, 0.2) is 46.0 Å². The Hall–Kier alpha value is -3.48. The van der Waals surface area contributed by atoms with Gasteiger partial charge in [0.1, 0.15) is 5.75 Å². The summed E-state index contributed by atoms with van der Waals surface area (Å²) >= 11 is 0. The van der Waals surface area contributed by atoms with Gasteiger partial charge in [-0.05, 0) is 41.5 Å². The lowest BCUT2D eigenvalue weighted by molar-refractivity contribution is 0.324. The molecule has 1 N–H and O–H groups in total. The summed E-state index contributed by atoms with van der Waals surface area (Å²) in [5.41, 5.74) is 0.294. The first-order chi connectivity index (χ1) is 13.0. The minimum absolute atomic E-state index is 0.438. The third kappa shape index (κ3) is 3.31. The molecule has 27 heavy (non-hydrogen) atoms. The average molecular weight is 369 g/mol. The van der Waals surface area contributed by atoms with E-state index in [1.807, 2.05) is 0 Å². The largest absolute Gasteiger partial charge is 0.497 e. The molecule has 0 aliphatic carbocycles. The first-order valence-electron chi connectivity index (χ1n) is 8.08. The maximum Gasteiger partial charge on any atom is 0.296 e. The highest BCUT2D eigenvalue weighted by Crippen LogP contribution is 2.42. The summed E-state index contributed by atoms with van der Waals surface area (Å²) in [6.45, 7) is 0. The van der Waals surface area contributed by atoms with E-state index in [9.17, 15) is 9.59 Å². The predicted octanol–water partition coefficient (Wildman–Crippen LogP) is 2.59. The van der Waals surface area contributed by atoms with Gasteiger partial charge in [-0.1, -0.05) is 0 Å². The minimum atomic E-state index is -0.716. The van der Waals surface area contributed by atoms with Crippen LogP contribution in [0.3, 0.4) is 0 Å². The molecular weight excluding hydrogens is 350 g/mol. The van der Waals surface area contributed by atoms with Crippen molar-refractivity contribution in [1.82, 2.24) is 4.98 Å². The van der Waals surface area contributed by atoms with Crippen LogP contribution in [-0.2, 0) is 0 Å². The molecule has 2 aromatic carbocycles. The van der Waals surface area contributed by atoms with Gasteiger partial charge in [-0.25, -0.2) is 0 Å². The lowest BCUT2D eigenvalue weighted by Gasteiger charge is -2.14. The molecule has 0 saturated carbocycles. The van der Waals surface area contributed by atoms with Crippen molar-refractivity contribution in [3.05, 3.63) is 57.0 Å². The Balaban J connectivity index is 2.43. The first-order valence-corrected chi connectivity index (χ1v) is 8.08. The molecule has 0 saturated heterocycles. The van der Waals surface area contributed by atoms with Crippen molar-refractivity contribution in [1.29, 1.82) is 0 Å². The zero-order chi connectivity index (χ0) is 19.6. The number of H-pyrrole nitrogens is 1. The van der Waals surface area contributed by atoms with Gasteiger partial charge in [0, 0.05) is 11.5 Å². The van der Waals surface area contributed by atoms with Crippen LogP contribution in [0, 0.1) is 0 Å². The fourth-order valence-electron chi connectivity index (χ4n) is 2.92. The summed E-state index contributed by atoms with van der Waals surface area (Å²) in [4.78, 5) is 26.9. The number of rotatable bonds is 5. The normalized spacial score (nSPS) is 10.5. The van der Waals surface area contributed by atoms with Gasteiger partial charge >= 0.3 is 0 Å². The highest BCUT2D eigenvalue weighted by atomic mass is 16.5. The molecule has 1 heterocycles. The Bertz CT molecular complexity index is 1090. The van der Waals surface area contributed by atoms with Crippen LogP contribution in [0.25, 0.3) is 22.0 Å². The van der Waals surface area contributed by atoms with E-state index in [2.05, 4.69) is 4.98 Å². The van der Waals surface area contributed by atoms with Crippen molar-refractivity contribution in [3.8, 4) is 34.1 Å². The first kappa shape index (κ1) is 18.3. The fraction of sp³-hybridized carbons (Fsp3) is 0.200. The van der Waals surface area contributed by atoms with Gasteiger partial charge in [0.15, 0.2) is 11.5 Å². The molecule has 7 nitrogen and oxygen atoms in total. The summed E-state index contributed by atoms with van der Waals surface area (Å²) in [7, 11) is 6.06. The molecule has 140 valence electrons. The van der Waals surface area contributed by atoms with Crippen LogP contribution >= 0.6 is 0 Å². The molecule has 0 atom stereocenters. The number of hydrogen-bond acceptors (Lipinski definition) is 6. The Morgan fingerprint density at radius 1 is 0.778 bits per heavy atom. The van der Waals surface area contributed by atoms with E-state index < -0.39 is 11.0 Å². The van der Waals surface area contributed by atoms with Gasteiger partial charge in [0.05, 0.1) is 34.0 Å². The molecule has 0 radical (unpaired) electrons. The van der Waals surface area contributed by atoms with E-state index in [1.165, 1.54) is 34.5 Å². The Morgan fingerprint density at radius 2 is 1.44 bits per heavy atom. The number of fused-ring (bicyclic) bond motifs is 1. The number of benzene rings is 2. The van der Waals surface area contributed by atoms with Crippen molar-refractivity contribution >= 4 is 10.9 Å². The monoisotopic (exact) mass is 369 g/mol. The zero-order valence-corrected chi connectivity index (χ0v) is 15.4. The fourth-order valence-corrected chi connectivity index (χ4v) is 2.92. The summed E-state index contributed by atoms with van der Waals surface area (Å²) in [6, 6.07) is 9.95. The highest BCUT2D eigenvalue weighted by molar-refractivity contribution is 5.95. The number of nitrogens with one attached hydrogen (secondary N) is 1. The quantitative estimate of drug-likeness (QED) is 0.696. The summed E-state index contributed by atoms with van der Waals surface area (Å²) in [5, 5.41) is 0.671. The maximum absolute atomic E-state index is 12.2. The standard InChI is InChI=1S/C20H19NO6/c1-24-12-5-6-13-14(10-16(22)20(23)21-15(13)9-12)11-7-17(25-2)19(27-4)18(8-11)26-3/h5-10H,1-4H3,(H,21,22,23). The second kappa shape index (κ2) is 7.41. The number of ether oxygens (including phenoxy) is 4. The Kier molecular flexibility index (Phi) is 5.03. The molecule has 1 aromatic heterocycles. The topological polar surface area (TPSA) is 86.8 Å². The molecular formula is C20H19NO6. The maximum atomic E-state index is 12.2. The molecule has 0 spiro atoms. The molecule has 0 unspecified atom stereocenters. The number of methoxy groups -OCH3 is 4. The van der Waals surface area contributed by atoms with E-state index in [-0.39, 0.29) is 0 Å². The van der Waals surface area contributed by atoms with Crippen molar-refractivity contribution in [3.63, 3.8) is 0 Å². The van der Waals surface area contributed by atoms with Crippen LogP contribution in [0.5, 0.6) is 23.0 Å². The van der Waals surface area contributed by atoms with Gasteiger partial charge in [-0.15, -0.1) is 0 Å². The summed E-state index contributed by atoms with van der Waals surface area (Å²) < 4.78 is 21.3. The van der Waals surface area contributed by atoms with Crippen molar-refractivity contribution in [2.45, 2.75) is 0 Å². The average Bonchev–Trinajstić information content (AvgIpc) is 2.82. The molecule has 0 amide bonds. The highest BCUT2D eigenvalue weighted by Gasteiger charge is 2.16. The van der Waals surface area contributed by atoms with Crippen molar-refractivity contribution < 1.29 is 18.9 Å². The van der Waals surface area contributed by atoms with Gasteiger partial charge < -0.3 is 23.9 Å². The Labute approximate surface area is 155 Å². The van der Waals surface area contributed by atoms with Gasteiger partial charge in [-0.2, -0.15) is 0 Å². The van der Waals surface area contributed by atoms with Gasteiger partial charge in [0.25, 0.3) is 5.56 Å². The second-order valence-electron chi connectivity index (χ2n) is 5.70. The lowest BCUT2D eigenvalue weighted by Crippen LogP contribution is -2.22. The van der Waals surface area contributed by atoms with Crippen LogP contribution in [0.1, 0.15) is 0 Å². The van der Waals surface area contributed by atoms with E-state index >= 15 is 0 Å². The second-order valence-corrected chi connectivity index (χ2v) is 5.70. The molecule has 3 aromatic rings. The Morgan fingerprint density at radius 3 is 2.00 bits per heavy atom. The van der Waals surface area contributed by atoms with Crippen molar-refractivity contribution in [2.75, 3.05) is 28.4 Å². The molecule has 0 fully saturated rings. The van der Waals surface area contributed by atoms with Crippen LogP contribution in [0.2, 0.25) is 0 Å².